The fourth-order valence-corrected chi connectivity index (χ4v) is 2.52. The van der Waals surface area contributed by atoms with Gasteiger partial charge in [0, 0.05) is 11.8 Å². The van der Waals surface area contributed by atoms with Crippen molar-refractivity contribution < 1.29 is 23.7 Å². The zero-order valence-electron chi connectivity index (χ0n) is 14.0. The van der Waals surface area contributed by atoms with Gasteiger partial charge in [-0.25, -0.2) is 9.67 Å². The zero-order valence-corrected chi connectivity index (χ0v) is 14.0. The van der Waals surface area contributed by atoms with Gasteiger partial charge in [-0.1, -0.05) is 12.1 Å². The number of methoxy groups -OCH3 is 1. The zero-order chi connectivity index (χ0) is 19.6. The van der Waals surface area contributed by atoms with Crippen LogP contribution in [0, 0.1) is 11.3 Å². The lowest BCUT2D eigenvalue weighted by Crippen LogP contribution is -2.27. The van der Waals surface area contributed by atoms with E-state index >= 15 is 0 Å². The van der Waals surface area contributed by atoms with Crippen LogP contribution in [0.25, 0.3) is 11.3 Å². The molecule has 0 radical (unpaired) electrons. The molecule has 0 aliphatic rings. The first-order valence-corrected chi connectivity index (χ1v) is 7.70. The van der Waals surface area contributed by atoms with E-state index in [1.165, 1.54) is 19.2 Å². The van der Waals surface area contributed by atoms with Gasteiger partial charge >= 0.3 is 6.55 Å². The Morgan fingerprint density at radius 3 is 2.67 bits per heavy atom. The molecule has 9 heteroatoms. The van der Waals surface area contributed by atoms with Crippen LogP contribution in [0.4, 0.5) is 8.78 Å². The summed E-state index contributed by atoms with van der Waals surface area (Å²) in [6.07, 6.45) is 1.75. The molecule has 0 spiro atoms. The predicted octanol–water partition coefficient (Wildman–Crippen LogP) is 2.41. The summed E-state index contributed by atoms with van der Waals surface area (Å²) in [5.41, 5.74) is 0.693. The quantitative estimate of drug-likeness (QED) is 0.667. The highest BCUT2D eigenvalue weighted by atomic mass is 19.3. The third-order valence-corrected chi connectivity index (χ3v) is 3.90. The number of nitrogens with zero attached hydrogens (tertiary/aromatic N) is 4. The lowest BCUT2D eigenvalue weighted by molar-refractivity contribution is -0.135. The van der Waals surface area contributed by atoms with E-state index < -0.39 is 12.3 Å². The minimum absolute atomic E-state index is 0.213. The molecule has 27 heavy (non-hydrogen) atoms. The van der Waals surface area contributed by atoms with Crippen LogP contribution >= 0.6 is 0 Å². The van der Waals surface area contributed by atoms with E-state index in [4.69, 9.17) is 10.00 Å². The molecule has 138 valence electrons. The molecule has 2 aromatic heterocycles. The number of nitriles is 1. The highest BCUT2D eigenvalue weighted by molar-refractivity contribution is 5.68. The maximum Gasteiger partial charge on any atom is 0.333 e. The summed E-state index contributed by atoms with van der Waals surface area (Å²) < 4.78 is 31.0. The van der Waals surface area contributed by atoms with Crippen LogP contribution < -0.4 is 4.74 Å². The number of pyridine rings is 1. The number of hydrogen-bond acceptors (Lipinski definition) is 6. The van der Waals surface area contributed by atoms with Gasteiger partial charge in [0.15, 0.2) is 0 Å². The molecule has 0 aliphatic heterocycles. The molecule has 3 rings (SSSR count). The smallest absolute Gasteiger partial charge is 0.333 e. The highest BCUT2D eigenvalue weighted by Gasteiger charge is 2.33. The number of aliphatic hydroxyl groups is 2. The van der Waals surface area contributed by atoms with Crippen LogP contribution in [0.5, 0.6) is 5.75 Å². The summed E-state index contributed by atoms with van der Waals surface area (Å²) in [4.78, 5) is 4.23. The Morgan fingerprint density at radius 1 is 1.26 bits per heavy atom. The van der Waals surface area contributed by atoms with Gasteiger partial charge in [-0.3, -0.25) is 0 Å². The molecule has 2 heterocycles. The molecule has 0 aliphatic carbocycles. The SMILES string of the molecule is COc1ccc(C(O)(O)c2cnn(C(F)F)c2)nc1-c1cccc(C#N)c1. The van der Waals surface area contributed by atoms with Crippen molar-refractivity contribution in [3.05, 3.63) is 65.6 Å². The Hall–Kier alpha value is -3.35. The van der Waals surface area contributed by atoms with E-state index in [2.05, 4.69) is 10.1 Å². The standard InChI is InChI=1S/C18H14F2N4O3/c1-27-14-5-6-15(18(25,26)13-9-22-24(10-13)17(19)20)23-16(14)12-4-2-3-11(7-12)8-21/h2-7,9-10,17,25-26H,1H3. The number of halogens is 2. The third-order valence-electron chi connectivity index (χ3n) is 3.90. The molecule has 0 fully saturated rings. The maximum absolute atomic E-state index is 12.7. The molecule has 7 nitrogen and oxygen atoms in total. The minimum atomic E-state index is -2.91. The van der Waals surface area contributed by atoms with Crippen molar-refractivity contribution in [2.45, 2.75) is 12.3 Å². The first-order valence-electron chi connectivity index (χ1n) is 7.70. The number of alkyl halides is 2. The monoisotopic (exact) mass is 372 g/mol. The Bertz CT molecular complexity index is 1010. The molecule has 0 saturated heterocycles. The van der Waals surface area contributed by atoms with Gasteiger partial charge in [-0.05, 0) is 24.3 Å². The topological polar surface area (TPSA) is 104 Å². The summed E-state index contributed by atoms with van der Waals surface area (Å²) in [7, 11) is 1.42. The van der Waals surface area contributed by atoms with Crippen LogP contribution in [0.2, 0.25) is 0 Å². The number of aromatic nitrogens is 3. The average Bonchev–Trinajstić information content (AvgIpc) is 3.19. The van der Waals surface area contributed by atoms with E-state index in [0.717, 1.165) is 12.4 Å². The Morgan fingerprint density at radius 2 is 2.04 bits per heavy atom. The fourth-order valence-electron chi connectivity index (χ4n) is 2.52. The molecular weight excluding hydrogens is 358 g/mol. The van der Waals surface area contributed by atoms with E-state index in [1.807, 2.05) is 6.07 Å². The largest absolute Gasteiger partial charge is 0.494 e. The summed E-state index contributed by atoms with van der Waals surface area (Å²) >= 11 is 0. The van der Waals surface area contributed by atoms with E-state index in [0.29, 0.717) is 21.6 Å². The molecule has 0 unspecified atom stereocenters. The second-order valence-electron chi connectivity index (χ2n) is 5.60. The van der Waals surface area contributed by atoms with Crippen LogP contribution in [0.3, 0.4) is 0 Å². The molecule has 1 aromatic carbocycles. The number of rotatable bonds is 5. The van der Waals surface area contributed by atoms with Crippen molar-refractivity contribution in [2.24, 2.45) is 0 Å². The van der Waals surface area contributed by atoms with Gasteiger partial charge in [-0.2, -0.15) is 19.1 Å². The maximum atomic E-state index is 12.7. The van der Waals surface area contributed by atoms with E-state index in [1.54, 1.807) is 24.3 Å². The van der Waals surface area contributed by atoms with Crippen molar-refractivity contribution in [3.63, 3.8) is 0 Å². The van der Waals surface area contributed by atoms with Crippen molar-refractivity contribution in [3.8, 4) is 23.1 Å². The van der Waals surface area contributed by atoms with Crippen LogP contribution in [0.1, 0.15) is 23.4 Å². The van der Waals surface area contributed by atoms with Gasteiger partial charge in [-0.15, -0.1) is 0 Å². The summed E-state index contributed by atoms with van der Waals surface area (Å²) in [5, 5.41) is 33.4. The fraction of sp³-hybridized carbons (Fsp3) is 0.167. The van der Waals surface area contributed by atoms with Gasteiger partial charge < -0.3 is 14.9 Å². The predicted molar refractivity (Wildman–Crippen MR) is 89.6 cm³/mol. The summed E-state index contributed by atoms with van der Waals surface area (Å²) in [6, 6.07) is 11.3. The first-order chi connectivity index (χ1) is 12.9. The van der Waals surface area contributed by atoms with Crippen LogP contribution in [-0.2, 0) is 5.79 Å². The summed E-state index contributed by atoms with van der Waals surface area (Å²) in [5.74, 6) is -2.31. The van der Waals surface area contributed by atoms with Gasteiger partial charge in [0.05, 0.1) is 30.5 Å². The highest BCUT2D eigenvalue weighted by Crippen LogP contribution is 2.33. The van der Waals surface area contributed by atoms with Crippen LogP contribution in [0.15, 0.2) is 48.8 Å². The number of ether oxygens (including phenoxy) is 1. The van der Waals surface area contributed by atoms with E-state index in [9.17, 15) is 19.0 Å². The van der Waals surface area contributed by atoms with Gasteiger partial charge in [0.25, 0.3) is 0 Å². The Balaban J connectivity index is 2.10. The normalized spacial score (nSPS) is 11.4. The third kappa shape index (κ3) is 3.48. The molecular formula is C18H14F2N4O3. The van der Waals surface area contributed by atoms with Crippen LogP contribution in [-0.4, -0.2) is 32.1 Å². The second kappa shape index (κ2) is 7.11. The molecule has 2 N–H and O–H groups in total. The lowest BCUT2D eigenvalue weighted by Gasteiger charge is -2.21. The summed E-state index contributed by atoms with van der Waals surface area (Å²) in [6.45, 7) is -2.91. The molecule has 0 amide bonds. The molecule has 0 atom stereocenters. The lowest BCUT2D eigenvalue weighted by atomic mass is 10.0. The van der Waals surface area contributed by atoms with Gasteiger partial charge in [0.2, 0.25) is 5.79 Å². The van der Waals surface area contributed by atoms with Gasteiger partial charge in [0.1, 0.15) is 17.1 Å². The van der Waals surface area contributed by atoms with Crippen molar-refractivity contribution in [2.75, 3.05) is 7.11 Å². The Labute approximate surface area is 152 Å². The van der Waals surface area contributed by atoms with Crippen molar-refractivity contribution >= 4 is 0 Å². The number of benzene rings is 1. The first kappa shape index (κ1) is 18.4. The molecule has 0 bridgehead atoms. The van der Waals surface area contributed by atoms with Crippen molar-refractivity contribution in [1.29, 1.82) is 5.26 Å². The average molecular weight is 372 g/mol. The second-order valence-corrected chi connectivity index (χ2v) is 5.60. The minimum Gasteiger partial charge on any atom is -0.494 e. The van der Waals surface area contributed by atoms with Crippen molar-refractivity contribution in [1.82, 2.24) is 14.8 Å². The molecule has 3 aromatic rings. The molecule has 0 saturated carbocycles. The Kier molecular flexibility index (Phi) is 4.85. The van der Waals surface area contributed by atoms with E-state index in [-0.39, 0.29) is 17.0 Å². The number of hydrogen-bond donors (Lipinski definition) is 2.